The molecule has 1 aromatic rings. The lowest BCUT2D eigenvalue weighted by Gasteiger charge is -2.21. The number of hydrogen-bond donors (Lipinski definition) is 3. The van der Waals surface area contributed by atoms with Crippen LogP contribution in [-0.4, -0.2) is 17.5 Å². The molecule has 1 aliphatic heterocycles. The summed E-state index contributed by atoms with van der Waals surface area (Å²) in [7, 11) is 0. The van der Waals surface area contributed by atoms with Crippen LogP contribution in [0.4, 0.5) is 10.5 Å². The topological polar surface area (TPSA) is 70.2 Å². The van der Waals surface area contributed by atoms with Crippen LogP contribution in [0.1, 0.15) is 38.3 Å². The van der Waals surface area contributed by atoms with Crippen LogP contribution in [0.3, 0.4) is 0 Å². The molecular weight excluding hydrogens is 254 g/mol. The van der Waals surface area contributed by atoms with E-state index in [9.17, 15) is 9.59 Å². The molecule has 0 saturated carbocycles. The molecule has 0 spiro atoms. The van der Waals surface area contributed by atoms with Gasteiger partial charge in [-0.05, 0) is 44.4 Å². The third-order valence-corrected chi connectivity index (χ3v) is 3.01. The first-order valence-electron chi connectivity index (χ1n) is 6.81. The average molecular weight is 275 g/mol. The molecule has 0 aromatic heterocycles. The number of urea groups is 1. The summed E-state index contributed by atoms with van der Waals surface area (Å²) >= 11 is 0. The van der Waals surface area contributed by atoms with Crippen molar-refractivity contribution in [3.63, 3.8) is 0 Å². The Labute approximate surface area is 119 Å². The van der Waals surface area contributed by atoms with E-state index in [2.05, 4.69) is 16.0 Å². The maximum Gasteiger partial charge on any atom is 0.315 e. The molecule has 0 atom stereocenters. The lowest BCUT2D eigenvalue weighted by molar-refractivity contribution is -0.116. The Morgan fingerprint density at radius 1 is 1.30 bits per heavy atom. The number of carbonyl (C=O) groups is 2. The molecule has 2 rings (SSSR count). The number of hydrogen-bond acceptors (Lipinski definition) is 2. The van der Waals surface area contributed by atoms with Crippen LogP contribution in [0.2, 0.25) is 0 Å². The minimum absolute atomic E-state index is 0.0629. The Morgan fingerprint density at radius 3 is 2.75 bits per heavy atom. The molecule has 20 heavy (non-hydrogen) atoms. The van der Waals surface area contributed by atoms with Crippen molar-refractivity contribution in [3.05, 3.63) is 29.3 Å². The standard InChI is InChI=1S/C15H21N3O2/c1-15(2,3)18-14(20)16-9-10-4-6-12-11(8-10)5-7-13(19)17-12/h4,6,8H,5,7,9H2,1-3H3,(H,17,19)(H2,16,18,20). The molecule has 0 aliphatic carbocycles. The van der Waals surface area contributed by atoms with Crippen molar-refractivity contribution in [1.82, 2.24) is 10.6 Å². The molecule has 3 amide bonds. The fourth-order valence-corrected chi connectivity index (χ4v) is 2.11. The van der Waals surface area contributed by atoms with Gasteiger partial charge in [0.2, 0.25) is 5.91 Å². The van der Waals surface area contributed by atoms with E-state index in [-0.39, 0.29) is 17.5 Å². The van der Waals surface area contributed by atoms with Gasteiger partial charge in [0.05, 0.1) is 0 Å². The van der Waals surface area contributed by atoms with Crippen molar-refractivity contribution >= 4 is 17.6 Å². The highest BCUT2D eigenvalue weighted by Crippen LogP contribution is 2.23. The molecule has 0 fully saturated rings. The number of fused-ring (bicyclic) bond motifs is 1. The SMILES string of the molecule is CC(C)(C)NC(=O)NCc1ccc2c(c1)CCC(=O)N2. The molecule has 5 heteroatoms. The van der Waals surface area contributed by atoms with Crippen LogP contribution in [-0.2, 0) is 17.8 Å². The highest BCUT2D eigenvalue weighted by molar-refractivity contribution is 5.93. The number of aryl methyl sites for hydroxylation is 1. The first-order valence-corrected chi connectivity index (χ1v) is 6.81. The number of nitrogens with one attached hydrogen (secondary N) is 3. The van der Waals surface area contributed by atoms with Gasteiger partial charge in [0, 0.05) is 24.2 Å². The van der Waals surface area contributed by atoms with E-state index in [4.69, 9.17) is 0 Å². The van der Waals surface area contributed by atoms with Crippen LogP contribution in [0.25, 0.3) is 0 Å². The summed E-state index contributed by atoms with van der Waals surface area (Å²) in [4.78, 5) is 23.0. The molecule has 1 aliphatic rings. The summed E-state index contributed by atoms with van der Waals surface area (Å²) in [5.74, 6) is 0.0629. The number of rotatable bonds is 2. The Balaban J connectivity index is 1.94. The van der Waals surface area contributed by atoms with Crippen molar-refractivity contribution in [2.75, 3.05) is 5.32 Å². The first-order chi connectivity index (χ1) is 9.33. The normalized spacial score (nSPS) is 14.2. The molecule has 0 unspecified atom stereocenters. The zero-order valence-corrected chi connectivity index (χ0v) is 12.2. The third kappa shape index (κ3) is 3.98. The Morgan fingerprint density at radius 2 is 2.05 bits per heavy atom. The largest absolute Gasteiger partial charge is 0.334 e. The van der Waals surface area contributed by atoms with Crippen molar-refractivity contribution in [1.29, 1.82) is 0 Å². The molecular formula is C15H21N3O2. The highest BCUT2D eigenvalue weighted by atomic mass is 16.2. The number of anilines is 1. The molecule has 0 saturated heterocycles. The van der Waals surface area contributed by atoms with Gasteiger partial charge in [0.1, 0.15) is 0 Å². The van der Waals surface area contributed by atoms with Crippen LogP contribution in [0, 0.1) is 0 Å². The second-order valence-electron chi connectivity index (χ2n) is 6.10. The summed E-state index contributed by atoms with van der Waals surface area (Å²) in [6.45, 7) is 6.29. The molecule has 3 N–H and O–H groups in total. The monoisotopic (exact) mass is 275 g/mol. The van der Waals surface area contributed by atoms with Gasteiger partial charge in [-0.1, -0.05) is 12.1 Å². The molecule has 5 nitrogen and oxygen atoms in total. The van der Waals surface area contributed by atoms with E-state index in [1.165, 1.54) is 0 Å². The predicted octanol–water partition coefficient (Wildman–Crippen LogP) is 2.17. The zero-order valence-electron chi connectivity index (χ0n) is 12.2. The van der Waals surface area contributed by atoms with E-state index in [1.807, 2.05) is 39.0 Å². The Hall–Kier alpha value is -2.04. The molecule has 0 radical (unpaired) electrons. The fraction of sp³-hybridized carbons (Fsp3) is 0.467. The summed E-state index contributed by atoms with van der Waals surface area (Å²) in [6.07, 6.45) is 1.28. The lowest BCUT2D eigenvalue weighted by atomic mass is 10.0. The molecule has 108 valence electrons. The van der Waals surface area contributed by atoms with Gasteiger partial charge in [-0.3, -0.25) is 4.79 Å². The third-order valence-electron chi connectivity index (χ3n) is 3.01. The second kappa shape index (κ2) is 5.53. The Bertz CT molecular complexity index is 532. The van der Waals surface area contributed by atoms with E-state index >= 15 is 0 Å². The van der Waals surface area contributed by atoms with Gasteiger partial charge in [0.15, 0.2) is 0 Å². The highest BCUT2D eigenvalue weighted by Gasteiger charge is 2.16. The molecule has 1 aromatic carbocycles. The second-order valence-corrected chi connectivity index (χ2v) is 6.10. The van der Waals surface area contributed by atoms with Gasteiger partial charge >= 0.3 is 6.03 Å². The number of amides is 3. The van der Waals surface area contributed by atoms with E-state index < -0.39 is 0 Å². The first kappa shape index (κ1) is 14.4. The van der Waals surface area contributed by atoms with Gasteiger partial charge in [0.25, 0.3) is 0 Å². The van der Waals surface area contributed by atoms with Crippen molar-refractivity contribution in [2.45, 2.75) is 45.7 Å². The average Bonchev–Trinajstić information content (AvgIpc) is 2.34. The Kier molecular flexibility index (Phi) is 3.97. The minimum atomic E-state index is -0.246. The molecule has 0 bridgehead atoms. The minimum Gasteiger partial charge on any atom is -0.334 e. The van der Waals surface area contributed by atoms with Crippen LogP contribution < -0.4 is 16.0 Å². The van der Waals surface area contributed by atoms with Crippen molar-refractivity contribution < 1.29 is 9.59 Å². The fourth-order valence-electron chi connectivity index (χ4n) is 2.11. The van der Waals surface area contributed by atoms with E-state index in [0.717, 1.165) is 23.2 Å². The van der Waals surface area contributed by atoms with Gasteiger partial charge in [-0.15, -0.1) is 0 Å². The summed E-state index contributed by atoms with van der Waals surface area (Å²) < 4.78 is 0. The van der Waals surface area contributed by atoms with Crippen molar-refractivity contribution in [3.8, 4) is 0 Å². The number of carbonyl (C=O) groups excluding carboxylic acids is 2. The van der Waals surface area contributed by atoms with Crippen LogP contribution >= 0.6 is 0 Å². The van der Waals surface area contributed by atoms with Gasteiger partial charge < -0.3 is 16.0 Å². The van der Waals surface area contributed by atoms with Crippen molar-refractivity contribution in [2.24, 2.45) is 0 Å². The number of benzene rings is 1. The predicted molar refractivity (Wildman–Crippen MR) is 78.5 cm³/mol. The lowest BCUT2D eigenvalue weighted by Crippen LogP contribution is -2.46. The van der Waals surface area contributed by atoms with E-state index in [0.29, 0.717) is 13.0 Å². The quantitative estimate of drug-likeness (QED) is 0.774. The summed E-state index contributed by atoms with van der Waals surface area (Å²) in [5.41, 5.74) is 2.79. The van der Waals surface area contributed by atoms with E-state index in [1.54, 1.807) is 0 Å². The summed E-state index contributed by atoms with van der Waals surface area (Å²) in [6, 6.07) is 5.67. The van der Waals surface area contributed by atoms with Crippen LogP contribution in [0.5, 0.6) is 0 Å². The zero-order chi connectivity index (χ0) is 14.8. The van der Waals surface area contributed by atoms with Crippen LogP contribution in [0.15, 0.2) is 18.2 Å². The summed E-state index contributed by atoms with van der Waals surface area (Å²) in [5, 5.41) is 8.53. The smallest absolute Gasteiger partial charge is 0.315 e. The maximum atomic E-state index is 11.7. The van der Waals surface area contributed by atoms with Gasteiger partial charge in [-0.25, -0.2) is 4.79 Å². The maximum absolute atomic E-state index is 11.7. The molecule has 1 heterocycles. The van der Waals surface area contributed by atoms with Gasteiger partial charge in [-0.2, -0.15) is 0 Å².